The van der Waals surface area contributed by atoms with Crippen molar-refractivity contribution in [2.75, 3.05) is 31.6 Å². The molecule has 0 aromatic heterocycles. The molecule has 2 atom stereocenters. The Bertz CT molecular complexity index is 644. The predicted molar refractivity (Wildman–Crippen MR) is 91.7 cm³/mol. The number of hydrogen-bond donors (Lipinski definition) is 2. The highest BCUT2D eigenvalue weighted by atomic mass is 19.3. The zero-order valence-electron chi connectivity index (χ0n) is 14.7. The summed E-state index contributed by atoms with van der Waals surface area (Å²) in [5.41, 5.74) is 0.553. The minimum absolute atomic E-state index is 0.0990. The van der Waals surface area contributed by atoms with Gasteiger partial charge in [-0.3, -0.25) is 4.79 Å². The van der Waals surface area contributed by atoms with E-state index >= 15 is 0 Å². The Hall–Kier alpha value is -2.58. The molecule has 144 valence electrons. The molecule has 2 N–H and O–H groups in total. The van der Waals surface area contributed by atoms with Gasteiger partial charge in [-0.15, -0.1) is 0 Å². The van der Waals surface area contributed by atoms with Crippen molar-refractivity contribution in [1.82, 2.24) is 10.2 Å². The fourth-order valence-corrected chi connectivity index (χ4v) is 2.87. The van der Waals surface area contributed by atoms with Crippen LogP contribution in [0.5, 0.6) is 5.75 Å². The number of hydrogen-bond acceptors (Lipinski definition) is 4. The van der Waals surface area contributed by atoms with E-state index in [9.17, 15) is 18.4 Å². The molecule has 9 heteroatoms. The number of halogens is 2. The molecule has 2 unspecified atom stereocenters. The van der Waals surface area contributed by atoms with Crippen LogP contribution in [0.1, 0.15) is 13.3 Å². The van der Waals surface area contributed by atoms with Crippen LogP contribution in [0.3, 0.4) is 0 Å². The van der Waals surface area contributed by atoms with Crippen LogP contribution < -0.4 is 15.0 Å². The summed E-state index contributed by atoms with van der Waals surface area (Å²) in [6.45, 7) is -0.229. The first-order valence-electron chi connectivity index (χ1n) is 8.31. The molecule has 1 saturated heterocycles. The molecule has 0 saturated carbocycles. The molecule has 1 fully saturated rings. The normalized spacial score (nSPS) is 17.9. The van der Waals surface area contributed by atoms with Gasteiger partial charge in [0.2, 0.25) is 0 Å². The number of alkyl halides is 2. The molecule has 7 nitrogen and oxygen atoms in total. The quantitative estimate of drug-likeness (QED) is 0.768. The Kier molecular flexibility index (Phi) is 6.59. The Labute approximate surface area is 150 Å². The Morgan fingerprint density at radius 3 is 2.77 bits per heavy atom. The van der Waals surface area contributed by atoms with Crippen LogP contribution in [-0.4, -0.2) is 61.3 Å². The molecule has 26 heavy (non-hydrogen) atoms. The Morgan fingerprint density at radius 1 is 1.42 bits per heavy atom. The average Bonchev–Trinajstić information content (AvgIpc) is 3.02. The molecular weight excluding hydrogens is 348 g/mol. The lowest BCUT2D eigenvalue weighted by Gasteiger charge is -2.24. The zero-order valence-corrected chi connectivity index (χ0v) is 14.7. The number of carbonyl (C=O) groups excluding carboxylic acids is 1. The lowest BCUT2D eigenvalue weighted by atomic mass is 10.2. The van der Waals surface area contributed by atoms with Gasteiger partial charge in [0.15, 0.2) is 0 Å². The number of anilines is 1. The average molecular weight is 371 g/mol. The summed E-state index contributed by atoms with van der Waals surface area (Å²) in [5, 5.41) is 11.8. The van der Waals surface area contributed by atoms with Crippen molar-refractivity contribution in [1.29, 1.82) is 0 Å². The van der Waals surface area contributed by atoms with Crippen molar-refractivity contribution in [3.05, 3.63) is 24.3 Å². The fourth-order valence-electron chi connectivity index (χ4n) is 2.87. The molecule has 0 radical (unpaired) electrons. The van der Waals surface area contributed by atoms with Crippen molar-refractivity contribution in [3.63, 3.8) is 0 Å². The van der Waals surface area contributed by atoms with E-state index in [1.165, 1.54) is 24.9 Å². The smallest absolute Gasteiger partial charge is 0.387 e. The van der Waals surface area contributed by atoms with Gasteiger partial charge < -0.3 is 25.0 Å². The van der Waals surface area contributed by atoms with Gasteiger partial charge in [-0.1, -0.05) is 19.1 Å². The second-order valence-corrected chi connectivity index (χ2v) is 6.35. The number of urea groups is 1. The number of benzene rings is 1. The van der Waals surface area contributed by atoms with Crippen molar-refractivity contribution in [2.24, 2.45) is 5.92 Å². The molecule has 2 amide bonds. The van der Waals surface area contributed by atoms with Crippen LogP contribution in [-0.2, 0) is 4.79 Å². The van der Waals surface area contributed by atoms with Crippen molar-refractivity contribution < 1.29 is 28.2 Å². The number of amides is 2. The monoisotopic (exact) mass is 371 g/mol. The van der Waals surface area contributed by atoms with Gasteiger partial charge in [0.05, 0.1) is 11.6 Å². The van der Waals surface area contributed by atoms with Gasteiger partial charge in [-0.2, -0.15) is 8.78 Å². The van der Waals surface area contributed by atoms with E-state index in [4.69, 9.17) is 5.11 Å². The Morgan fingerprint density at radius 2 is 2.12 bits per heavy atom. The van der Waals surface area contributed by atoms with Crippen LogP contribution in [0.2, 0.25) is 0 Å². The van der Waals surface area contributed by atoms with E-state index in [1.807, 2.05) is 4.90 Å². The molecule has 0 aliphatic carbocycles. The molecule has 0 bridgehead atoms. The van der Waals surface area contributed by atoms with Gasteiger partial charge in [0, 0.05) is 32.7 Å². The van der Waals surface area contributed by atoms with Crippen LogP contribution in [0.4, 0.5) is 19.3 Å². The topological polar surface area (TPSA) is 82.1 Å². The maximum atomic E-state index is 12.5. The fraction of sp³-hybridized carbons (Fsp3) is 0.529. The number of nitrogens with zero attached hydrogens (tertiary/aromatic N) is 2. The van der Waals surface area contributed by atoms with Crippen LogP contribution >= 0.6 is 0 Å². The summed E-state index contributed by atoms with van der Waals surface area (Å²) in [7, 11) is 1.53. The number of carboxylic acids is 1. The highest BCUT2D eigenvalue weighted by Crippen LogP contribution is 2.31. The molecule has 1 aliphatic heterocycles. The van der Waals surface area contributed by atoms with Crippen LogP contribution in [0, 0.1) is 5.92 Å². The van der Waals surface area contributed by atoms with E-state index in [1.54, 1.807) is 18.2 Å². The summed E-state index contributed by atoms with van der Waals surface area (Å²) in [4.78, 5) is 26.3. The van der Waals surface area contributed by atoms with Gasteiger partial charge >= 0.3 is 18.6 Å². The van der Waals surface area contributed by atoms with Crippen molar-refractivity contribution in [3.8, 4) is 5.75 Å². The van der Waals surface area contributed by atoms with Crippen molar-refractivity contribution >= 4 is 17.7 Å². The first-order chi connectivity index (χ1) is 12.3. The third-order valence-corrected chi connectivity index (χ3v) is 4.25. The zero-order chi connectivity index (χ0) is 19.3. The van der Waals surface area contributed by atoms with Crippen molar-refractivity contribution in [2.45, 2.75) is 26.0 Å². The number of aliphatic carboxylic acids is 1. The second-order valence-electron chi connectivity index (χ2n) is 6.35. The molecular formula is C17H23F2N3O4. The molecule has 1 aromatic rings. The largest absolute Gasteiger partial charge is 0.481 e. The minimum Gasteiger partial charge on any atom is -0.481 e. The highest BCUT2D eigenvalue weighted by molar-refractivity contribution is 5.76. The third kappa shape index (κ3) is 5.21. The van der Waals surface area contributed by atoms with Crippen LogP contribution in [0.25, 0.3) is 0 Å². The number of rotatable bonds is 7. The lowest BCUT2D eigenvalue weighted by Crippen LogP contribution is -2.46. The van der Waals surface area contributed by atoms with E-state index < -0.39 is 18.5 Å². The maximum Gasteiger partial charge on any atom is 0.387 e. The SMILES string of the molecule is CC(CN(C)C(=O)NC1CCN(c2ccccc2OC(F)F)C1)C(=O)O. The van der Waals surface area contributed by atoms with Crippen LogP contribution in [0.15, 0.2) is 24.3 Å². The second kappa shape index (κ2) is 8.68. The van der Waals surface area contributed by atoms with Gasteiger partial charge in [-0.05, 0) is 18.6 Å². The standard InChI is InChI=1S/C17H23F2N3O4/c1-11(15(23)24)9-21(2)17(25)20-12-7-8-22(10-12)13-5-3-4-6-14(13)26-16(18)19/h3-6,11-12,16H,7-10H2,1-2H3,(H,20,25)(H,23,24). The number of ether oxygens (including phenoxy) is 1. The predicted octanol–water partition coefficient (Wildman–Crippen LogP) is 2.23. The third-order valence-electron chi connectivity index (χ3n) is 4.25. The van der Waals surface area contributed by atoms with E-state index in [-0.39, 0.29) is 24.4 Å². The van der Waals surface area contributed by atoms with Gasteiger partial charge in [0.1, 0.15) is 5.75 Å². The number of carboxylic acid groups (broad SMARTS) is 1. The van der Waals surface area contributed by atoms with Gasteiger partial charge in [0.25, 0.3) is 0 Å². The summed E-state index contributed by atoms with van der Waals surface area (Å²) >= 11 is 0. The molecule has 1 heterocycles. The summed E-state index contributed by atoms with van der Waals surface area (Å²) in [6.07, 6.45) is 0.650. The lowest BCUT2D eigenvalue weighted by molar-refractivity contribution is -0.141. The van der Waals surface area contributed by atoms with E-state index in [0.29, 0.717) is 25.2 Å². The number of nitrogens with one attached hydrogen (secondary N) is 1. The highest BCUT2D eigenvalue weighted by Gasteiger charge is 2.27. The Balaban J connectivity index is 1.93. The molecule has 1 aromatic carbocycles. The summed E-state index contributed by atoms with van der Waals surface area (Å²) in [6, 6.07) is 6.01. The van der Waals surface area contributed by atoms with E-state index in [2.05, 4.69) is 10.1 Å². The maximum absolute atomic E-state index is 12.5. The minimum atomic E-state index is -2.90. The molecule has 0 spiro atoms. The molecule has 2 rings (SSSR count). The number of para-hydroxylation sites is 2. The summed E-state index contributed by atoms with van der Waals surface area (Å²) < 4.78 is 29.6. The first-order valence-corrected chi connectivity index (χ1v) is 8.31. The van der Waals surface area contributed by atoms with E-state index in [0.717, 1.165) is 0 Å². The first kappa shape index (κ1) is 19.7. The number of carbonyl (C=O) groups is 2. The van der Waals surface area contributed by atoms with Gasteiger partial charge in [-0.25, -0.2) is 4.79 Å². The summed E-state index contributed by atoms with van der Waals surface area (Å²) in [5.74, 6) is -1.53. The molecule has 1 aliphatic rings.